The second kappa shape index (κ2) is 21.4. The Labute approximate surface area is 422 Å². The summed E-state index contributed by atoms with van der Waals surface area (Å²) in [5.41, 5.74) is -0.525. The van der Waals surface area contributed by atoms with Crippen molar-refractivity contribution in [3.63, 3.8) is 0 Å². The van der Waals surface area contributed by atoms with Crippen LogP contribution < -0.4 is 31.2 Å². The smallest absolute Gasteiger partial charge is 0.472 e. The summed E-state index contributed by atoms with van der Waals surface area (Å²) >= 11 is 0. The summed E-state index contributed by atoms with van der Waals surface area (Å²) in [7, 11) is -1.95. The highest BCUT2D eigenvalue weighted by Gasteiger charge is 2.46. The first-order chi connectivity index (χ1) is 35.5. The first-order valence-electron chi connectivity index (χ1n) is 23.7. The number of fused-ring (bicyclic) bond motifs is 2. The number of hydrogen-bond donors (Lipinski definition) is 6. The predicted octanol–water partition coefficient (Wildman–Crippen LogP) is 4.91. The van der Waals surface area contributed by atoms with E-state index in [2.05, 4.69) is 40.5 Å². The number of aliphatic hydroxyl groups is 1. The zero-order valence-corrected chi connectivity index (χ0v) is 41.9. The maximum atomic E-state index is 14.2. The number of methoxy groups -OCH3 is 2. The van der Waals surface area contributed by atoms with E-state index in [-0.39, 0.29) is 59.6 Å². The third kappa shape index (κ3) is 10.6. The fraction of sp³-hybridized carbons (Fsp3) is 0.388. The minimum absolute atomic E-state index is 0.0422. The fourth-order valence-corrected chi connectivity index (χ4v) is 9.69. The highest BCUT2D eigenvalue weighted by molar-refractivity contribution is 7.47. The number of nitrogens with one attached hydrogen (secondary N) is 4. The molecule has 390 valence electrons. The van der Waals surface area contributed by atoms with Crippen LogP contribution in [0.3, 0.4) is 0 Å². The molecule has 24 nitrogen and oxygen atoms in total. The number of hydrogen-bond acceptors (Lipinski definition) is 17. The molecule has 25 heteroatoms. The summed E-state index contributed by atoms with van der Waals surface area (Å²) in [6, 6.07) is 24.1. The lowest BCUT2D eigenvalue weighted by atomic mass is 9.80. The Kier molecular flexibility index (Phi) is 14.9. The van der Waals surface area contributed by atoms with Crippen molar-refractivity contribution in [1.29, 1.82) is 0 Å². The SMILES string of the molecule is COc1ccc(C(OC[C@H]2O[C@@H](n3cnc4c(=O)[nH]c(NC(=O)C(C)C)nc43)C[C@@H]2OP(=O)(O)OC[C@H]2O[C@@H](n3cnc4c(=O)[nH]c(NC(=O)C(C)C)nc43)C[C@@H]2O)(c2ccccc2)c2ccc(OC)cc2)cc1. The van der Waals surface area contributed by atoms with Crippen LogP contribution in [-0.4, -0.2) is 113 Å². The van der Waals surface area contributed by atoms with Gasteiger partial charge in [0.1, 0.15) is 47.9 Å². The molecule has 6 heterocycles. The number of anilines is 2. The van der Waals surface area contributed by atoms with Crippen molar-refractivity contribution < 1.29 is 56.9 Å². The molecular formula is C49H55N10O14P. The average Bonchev–Trinajstić information content (AvgIpc) is 4.19. The van der Waals surface area contributed by atoms with Gasteiger partial charge in [-0.25, -0.2) is 14.5 Å². The minimum atomic E-state index is -5.08. The van der Waals surface area contributed by atoms with Gasteiger partial charge in [0, 0.05) is 24.7 Å². The molecular weight excluding hydrogens is 984 g/mol. The Morgan fingerprint density at radius 1 is 0.730 bits per heavy atom. The molecule has 2 fully saturated rings. The number of imidazole rings is 2. The number of phosphoric ester groups is 1. The zero-order chi connectivity index (χ0) is 52.5. The van der Waals surface area contributed by atoms with E-state index in [1.165, 1.54) is 21.8 Å². The lowest BCUT2D eigenvalue weighted by molar-refractivity contribution is -0.119. The first-order valence-corrected chi connectivity index (χ1v) is 25.1. The molecule has 7 atom stereocenters. The van der Waals surface area contributed by atoms with Gasteiger partial charge >= 0.3 is 7.82 Å². The van der Waals surface area contributed by atoms with E-state index < -0.39 is 85.8 Å². The topological polar surface area (TPSA) is 307 Å². The zero-order valence-electron chi connectivity index (χ0n) is 41.0. The van der Waals surface area contributed by atoms with Crippen molar-refractivity contribution in [3.05, 3.63) is 129 Å². The maximum absolute atomic E-state index is 14.2. The molecule has 2 saturated heterocycles. The van der Waals surface area contributed by atoms with Crippen LogP contribution in [0.5, 0.6) is 11.5 Å². The molecule has 7 aromatic rings. The Hall–Kier alpha value is -7.15. The summed E-state index contributed by atoms with van der Waals surface area (Å²) in [6.45, 7) is 5.81. The predicted molar refractivity (Wildman–Crippen MR) is 265 cm³/mol. The van der Waals surface area contributed by atoms with Gasteiger partial charge < -0.3 is 33.7 Å². The summed E-state index contributed by atoms with van der Waals surface area (Å²) < 4.78 is 59.5. The number of benzene rings is 3. The van der Waals surface area contributed by atoms with Crippen LogP contribution in [0.2, 0.25) is 0 Å². The molecule has 4 aromatic heterocycles. The summed E-state index contributed by atoms with van der Waals surface area (Å²) in [6.07, 6.45) is -4.37. The third-order valence-electron chi connectivity index (χ3n) is 12.7. The Balaban J connectivity index is 1.01. The van der Waals surface area contributed by atoms with Crippen LogP contribution in [0.4, 0.5) is 11.9 Å². The third-order valence-corrected chi connectivity index (χ3v) is 13.7. The van der Waals surface area contributed by atoms with Crippen molar-refractivity contribution in [3.8, 4) is 11.5 Å². The lowest BCUT2D eigenvalue weighted by Gasteiger charge is -2.37. The molecule has 9 rings (SSSR count). The van der Waals surface area contributed by atoms with Crippen molar-refractivity contribution >= 4 is 53.9 Å². The number of nitrogens with zero attached hydrogens (tertiary/aromatic N) is 6. The number of aromatic amines is 2. The molecule has 0 bridgehead atoms. The van der Waals surface area contributed by atoms with Crippen LogP contribution in [0.25, 0.3) is 22.3 Å². The normalized spacial score (nSPS) is 20.8. The van der Waals surface area contributed by atoms with Gasteiger partial charge in [-0.3, -0.25) is 58.0 Å². The van der Waals surface area contributed by atoms with E-state index in [0.717, 1.165) is 5.56 Å². The van der Waals surface area contributed by atoms with Gasteiger partial charge in [-0.2, -0.15) is 9.97 Å². The number of carbonyl (C=O) groups excluding carboxylic acids is 2. The number of phosphoric acid groups is 1. The van der Waals surface area contributed by atoms with Gasteiger partial charge in [0.25, 0.3) is 11.1 Å². The number of amides is 2. The molecule has 3 aromatic carbocycles. The molecule has 0 radical (unpaired) electrons. The highest BCUT2D eigenvalue weighted by atomic mass is 31.2. The maximum Gasteiger partial charge on any atom is 0.472 e. The summed E-state index contributed by atoms with van der Waals surface area (Å²) in [4.78, 5) is 85.0. The van der Waals surface area contributed by atoms with Crippen molar-refractivity contribution in [2.24, 2.45) is 11.8 Å². The molecule has 2 amide bonds. The minimum Gasteiger partial charge on any atom is -0.497 e. The van der Waals surface area contributed by atoms with Crippen LogP contribution in [0.1, 0.15) is 69.7 Å². The molecule has 0 spiro atoms. The van der Waals surface area contributed by atoms with E-state index in [0.29, 0.717) is 22.6 Å². The van der Waals surface area contributed by atoms with Crippen molar-refractivity contribution in [2.75, 3.05) is 38.1 Å². The number of rotatable bonds is 19. The van der Waals surface area contributed by atoms with Gasteiger partial charge in [0.2, 0.25) is 23.7 Å². The number of H-pyrrole nitrogens is 2. The number of aliphatic hydroxyl groups excluding tert-OH is 1. The van der Waals surface area contributed by atoms with E-state index in [1.807, 2.05) is 54.6 Å². The molecule has 6 N–H and O–H groups in total. The standard InChI is InChI=1S/C49H55N10O14P/c1-26(2)43(61)54-47-52-41-39(45(63)56-47)50-24-58(41)37-20-33(60)35(71-37)23-70-74(65,66)73-34-21-38(59-25-51-40-42(59)53-48(57-46(40)64)55-44(62)27(3)4)72-36(34)22-69-49(28-10-8-7-9-11-28,29-12-16-31(67-5)17-13-29)30-14-18-32(68-6)19-15-30/h7-19,24-27,33-38,60H,20-23H2,1-6H3,(H,65,66)(H2,52,54,56,61,63)(H2,53,55,57,62,64)/t33-,34-,35+,36+,37+,38+/m0/s1. The summed E-state index contributed by atoms with van der Waals surface area (Å²) in [5, 5.41) is 16.3. The monoisotopic (exact) mass is 1040 g/mol. The molecule has 74 heavy (non-hydrogen) atoms. The van der Waals surface area contributed by atoms with Gasteiger partial charge in [-0.15, -0.1) is 0 Å². The largest absolute Gasteiger partial charge is 0.497 e. The number of carbonyl (C=O) groups is 2. The Bertz CT molecular complexity index is 3260. The van der Waals surface area contributed by atoms with Crippen LogP contribution in [-0.2, 0) is 43.0 Å². The molecule has 0 aliphatic carbocycles. The lowest BCUT2D eigenvalue weighted by Crippen LogP contribution is -2.38. The van der Waals surface area contributed by atoms with E-state index in [1.54, 1.807) is 66.2 Å². The first kappa shape index (κ1) is 51.7. The highest BCUT2D eigenvalue weighted by Crippen LogP contribution is 2.50. The van der Waals surface area contributed by atoms with Crippen LogP contribution >= 0.6 is 7.82 Å². The van der Waals surface area contributed by atoms with E-state index in [4.69, 9.17) is 32.7 Å². The number of aromatic nitrogens is 8. The second-order valence-electron chi connectivity index (χ2n) is 18.3. The van der Waals surface area contributed by atoms with Gasteiger partial charge in [-0.05, 0) is 41.0 Å². The van der Waals surface area contributed by atoms with Crippen LogP contribution in [0.15, 0.2) is 101 Å². The molecule has 2 aliphatic rings. The second-order valence-corrected chi connectivity index (χ2v) is 19.7. The number of ether oxygens (including phenoxy) is 5. The van der Waals surface area contributed by atoms with E-state index in [9.17, 15) is 33.7 Å². The quantitative estimate of drug-likeness (QED) is 0.0463. The van der Waals surface area contributed by atoms with Gasteiger partial charge in [0.15, 0.2) is 22.3 Å². The fourth-order valence-electron chi connectivity index (χ4n) is 8.73. The van der Waals surface area contributed by atoms with Crippen molar-refractivity contribution in [1.82, 2.24) is 39.0 Å². The van der Waals surface area contributed by atoms with Gasteiger partial charge in [0.05, 0.1) is 46.2 Å². The Morgan fingerprint density at radius 2 is 1.20 bits per heavy atom. The van der Waals surface area contributed by atoms with E-state index >= 15 is 0 Å². The van der Waals surface area contributed by atoms with Gasteiger partial charge in [-0.1, -0.05) is 82.3 Å². The average molecular weight is 1040 g/mol. The Morgan fingerprint density at radius 3 is 1.69 bits per heavy atom. The summed E-state index contributed by atoms with van der Waals surface area (Å²) in [5.74, 6) is -0.651. The van der Waals surface area contributed by atoms with Crippen molar-refractivity contribution in [2.45, 2.75) is 83.0 Å². The van der Waals surface area contributed by atoms with Crippen LogP contribution in [0, 0.1) is 11.8 Å². The molecule has 2 aliphatic heterocycles. The molecule has 1 unspecified atom stereocenters. The molecule has 0 saturated carbocycles.